The molecular formula is C14H24N4O2S. The van der Waals surface area contributed by atoms with Crippen molar-refractivity contribution in [2.45, 2.75) is 55.3 Å². The lowest BCUT2D eigenvalue weighted by atomic mass is 9.89. The van der Waals surface area contributed by atoms with Gasteiger partial charge in [0.1, 0.15) is 5.82 Å². The summed E-state index contributed by atoms with van der Waals surface area (Å²) in [4.78, 5) is 0. The third-order valence-corrected chi connectivity index (χ3v) is 5.75. The van der Waals surface area contributed by atoms with Crippen LogP contribution in [-0.2, 0) is 16.5 Å². The number of hydrogen-bond donors (Lipinski definition) is 1. The third kappa shape index (κ3) is 3.11. The van der Waals surface area contributed by atoms with Crippen LogP contribution in [0.15, 0.2) is 5.16 Å². The predicted molar refractivity (Wildman–Crippen MR) is 81.3 cm³/mol. The van der Waals surface area contributed by atoms with Crippen molar-refractivity contribution in [3.63, 3.8) is 0 Å². The molecule has 1 saturated heterocycles. The highest BCUT2D eigenvalue weighted by molar-refractivity contribution is 7.99. The van der Waals surface area contributed by atoms with E-state index < -0.39 is 0 Å². The first kappa shape index (κ1) is 15.3. The van der Waals surface area contributed by atoms with Gasteiger partial charge in [-0.25, -0.2) is 0 Å². The fourth-order valence-electron chi connectivity index (χ4n) is 3.12. The van der Waals surface area contributed by atoms with E-state index >= 15 is 0 Å². The second kappa shape index (κ2) is 6.24. The molecule has 0 aromatic carbocycles. The van der Waals surface area contributed by atoms with Crippen LogP contribution < -0.4 is 5.32 Å². The van der Waals surface area contributed by atoms with Gasteiger partial charge in [-0.2, -0.15) is 0 Å². The average Bonchev–Trinajstić information content (AvgIpc) is 3.05. The first-order valence-electron chi connectivity index (χ1n) is 7.67. The first-order valence-corrected chi connectivity index (χ1v) is 8.55. The average molecular weight is 312 g/mol. The fourth-order valence-corrected chi connectivity index (χ4v) is 4.50. The Labute approximate surface area is 130 Å². The molecule has 1 aliphatic carbocycles. The van der Waals surface area contributed by atoms with Gasteiger partial charge in [-0.05, 0) is 19.9 Å². The van der Waals surface area contributed by atoms with Crippen LogP contribution in [0, 0.1) is 6.92 Å². The lowest BCUT2D eigenvalue weighted by Gasteiger charge is -2.40. The molecule has 2 fully saturated rings. The zero-order valence-corrected chi connectivity index (χ0v) is 13.8. The molecule has 2 atom stereocenters. The van der Waals surface area contributed by atoms with Crippen LogP contribution in [0.5, 0.6) is 0 Å². The number of aryl methyl sites for hydroxylation is 1. The molecule has 7 heteroatoms. The van der Waals surface area contributed by atoms with Crippen molar-refractivity contribution in [1.82, 2.24) is 20.1 Å². The molecule has 0 amide bonds. The van der Waals surface area contributed by atoms with E-state index in [0.29, 0.717) is 24.5 Å². The van der Waals surface area contributed by atoms with Crippen molar-refractivity contribution in [2.24, 2.45) is 7.05 Å². The van der Waals surface area contributed by atoms with E-state index in [9.17, 15) is 0 Å². The van der Waals surface area contributed by atoms with Gasteiger partial charge in [-0.15, -0.1) is 10.2 Å². The number of thioether (sulfide) groups is 1. The molecule has 6 nitrogen and oxygen atoms in total. The van der Waals surface area contributed by atoms with Gasteiger partial charge >= 0.3 is 0 Å². The third-order valence-electron chi connectivity index (χ3n) is 4.39. The van der Waals surface area contributed by atoms with Gasteiger partial charge in [0.05, 0.1) is 13.2 Å². The van der Waals surface area contributed by atoms with Gasteiger partial charge in [0, 0.05) is 31.2 Å². The van der Waals surface area contributed by atoms with Crippen molar-refractivity contribution < 1.29 is 9.47 Å². The topological polar surface area (TPSA) is 61.2 Å². The Morgan fingerprint density at radius 1 is 1.38 bits per heavy atom. The standard InChI is InChI=1S/C14H24N4O2S/c1-4-15-11-5-6-14(19-7-8-20-14)9-12(11)21-13-17-16-10(2)18(13)3/h11-12,15H,4-9H2,1-3H3. The monoisotopic (exact) mass is 312 g/mol. The number of nitrogens with one attached hydrogen (secondary N) is 1. The summed E-state index contributed by atoms with van der Waals surface area (Å²) in [6, 6.07) is 0.468. The summed E-state index contributed by atoms with van der Waals surface area (Å²) in [5.41, 5.74) is 0. The highest BCUT2D eigenvalue weighted by Gasteiger charge is 2.45. The van der Waals surface area contributed by atoms with Crippen LogP contribution in [-0.4, -0.2) is 51.6 Å². The summed E-state index contributed by atoms with van der Waals surface area (Å²) in [6.45, 7) is 6.54. The van der Waals surface area contributed by atoms with E-state index in [1.165, 1.54) is 0 Å². The zero-order valence-electron chi connectivity index (χ0n) is 13.0. The molecule has 2 heterocycles. The van der Waals surface area contributed by atoms with Gasteiger partial charge in [0.15, 0.2) is 10.9 Å². The van der Waals surface area contributed by atoms with Crippen LogP contribution in [0.4, 0.5) is 0 Å². The highest BCUT2D eigenvalue weighted by Crippen LogP contribution is 2.42. The summed E-state index contributed by atoms with van der Waals surface area (Å²) >= 11 is 1.79. The van der Waals surface area contributed by atoms with Gasteiger partial charge < -0.3 is 19.4 Å². The molecule has 118 valence electrons. The molecule has 2 unspecified atom stereocenters. The quantitative estimate of drug-likeness (QED) is 0.909. The number of aromatic nitrogens is 3. The molecule has 0 bridgehead atoms. The Morgan fingerprint density at radius 3 is 2.76 bits per heavy atom. The Kier molecular flexibility index (Phi) is 4.54. The summed E-state index contributed by atoms with van der Waals surface area (Å²) in [6.07, 6.45) is 2.95. The summed E-state index contributed by atoms with van der Waals surface area (Å²) in [7, 11) is 2.01. The molecular weight excluding hydrogens is 288 g/mol. The fraction of sp³-hybridized carbons (Fsp3) is 0.857. The highest BCUT2D eigenvalue weighted by atomic mass is 32.2. The minimum absolute atomic E-state index is 0.364. The Hall–Kier alpha value is -0.630. The van der Waals surface area contributed by atoms with E-state index in [0.717, 1.165) is 36.8 Å². The van der Waals surface area contributed by atoms with E-state index in [4.69, 9.17) is 9.47 Å². The summed E-state index contributed by atoms with van der Waals surface area (Å²) in [5, 5.41) is 13.4. The predicted octanol–water partition coefficient (Wildman–Crippen LogP) is 1.49. The van der Waals surface area contributed by atoms with Crippen molar-refractivity contribution in [3.8, 4) is 0 Å². The van der Waals surface area contributed by atoms with Crippen LogP contribution in [0.1, 0.15) is 32.0 Å². The molecule has 2 aliphatic rings. The minimum atomic E-state index is -0.364. The van der Waals surface area contributed by atoms with Crippen molar-refractivity contribution in [3.05, 3.63) is 5.82 Å². The zero-order chi connectivity index (χ0) is 14.9. The second-order valence-electron chi connectivity index (χ2n) is 5.76. The number of hydrogen-bond acceptors (Lipinski definition) is 6. The van der Waals surface area contributed by atoms with E-state index in [2.05, 4.69) is 22.4 Å². The molecule has 1 aromatic rings. The van der Waals surface area contributed by atoms with Crippen LogP contribution in [0.2, 0.25) is 0 Å². The Balaban J connectivity index is 1.75. The Bertz CT molecular complexity index is 487. The second-order valence-corrected chi connectivity index (χ2v) is 6.97. The molecule has 1 N–H and O–H groups in total. The van der Waals surface area contributed by atoms with E-state index in [1.807, 2.05) is 18.5 Å². The number of nitrogens with zero attached hydrogens (tertiary/aromatic N) is 3. The summed E-state index contributed by atoms with van der Waals surface area (Å²) in [5.74, 6) is 0.577. The number of rotatable bonds is 4. The van der Waals surface area contributed by atoms with E-state index in [1.54, 1.807) is 11.8 Å². The first-order chi connectivity index (χ1) is 10.1. The van der Waals surface area contributed by atoms with Gasteiger partial charge in [-0.1, -0.05) is 18.7 Å². The lowest BCUT2D eigenvalue weighted by molar-refractivity contribution is -0.178. The molecule has 21 heavy (non-hydrogen) atoms. The minimum Gasteiger partial charge on any atom is -0.347 e. The van der Waals surface area contributed by atoms with Gasteiger partial charge in [-0.3, -0.25) is 0 Å². The summed E-state index contributed by atoms with van der Waals surface area (Å²) < 4.78 is 13.9. The Morgan fingerprint density at radius 2 is 2.14 bits per heavy atom. The normalized spacial score (nSPS) is 28.3. The van der Waals surface area contributed by atoms with Gasteiger partial charge in [0.25, 0.3) is 0 Å². The molecule has 0 radical (unpaired) electrons. The molecule has 1 spiro atoms. The van der Waals surface area contributed by atoms with E-state index in [-0.39, 0.29) is 5.79 Å². The van der Waals surface area contributed by atoms with Gasteiger partial charge in [0.2, 0.25) is 0 Å². The SMILES string of the molecule is CCNC1CCC2(CC1Sc1nnc(C)n1C)OCCO2. The molecule has 1 aliphatic heterocycles. The van der Waals surface area contributed by atoms with Crippen LogP contribution in [0.25, 0.3) is 0 Å². The van der Waals surface area contributed by atoms with Crippen LogP contribution in [0.3, 0.4) is 0 Å². The van der Waals surface area contributed by atoms with Crippen LogP contribution >= 0.6 is 11.8 Å². The smallest absolute Gasteiger partial charge is 0.191 e. The maximum absolute atomic E-state index is 5.91. The van der Waals surface area contributed by atoms with Crippen molar-refractivity contribution >= 4 is 11.8 Å². The molecule has 1 saturated carbocycles. The van der Waals surface area contributed by atoms with Crippen molar-refractivity contribution in [2.75, 3.05) is 19.8 Å². The lowest BCUT2D eigenvalue weighted by Crippen LogP contribution is -2.49. The number of ether oxygens (including phenoxy) is 2. The molecule has 3 rings (SSSR count). The van der Waals surface area contributed by atoms with Crippen molar-refractivity contribution in [1.29, 1.82) is 0 Å². The maximum Gasteiger partial charge on any atom is 0.191 e. The largest absolute Gasteiger partial charge is 0.347 e. The maximum atomic E-state index is 5.91. The molecule has 1 aromatic heterocycles.